The minimum Gasteiger partial charge on any atom is -0.376 e. The van der Waals surface area contributed by atoms with Gasteiger partial charge in [0.1, 0.15) is 0 Å². The highest BCUT2D eigenvalue weighted by Crippen LogP contribution is 2.03. The summed E-state index contributed by atoms with van der Waals surface area (Å²) in [6.07, 6.45) is 0. The molecule has 0 unspecified atom stereocenters. The molecule has 0 atom stereocenters. The van der Waals surface area contributed by atoms with Gasteiger partial charge in [0, 0.05) is 12.7 Å². The Labute approximate surface area is 88.7 Å². The van der Waals surface area contributed by atoms with Crippen LogP contribution < -0.4 is 0 Å². The fourth-order valence-corrected chi connectivity index (χ4v) is 1.50. The molecular formula is C11H14O2S. The van der Waals surface area contributed by atoms with Crippen LogP contribution in [0.5, 0.6) is 0 Å². The summed E-state index contributed by atoms with van der Waals surface area (Å²) in [6, 6.07) is 10.0. The normalized spacial score (nSPS) is 10.1. The topological polar surface area (TPSA) is 26.3 Å². The zero-order valence-electron chi connectivity index (χ0n) is 8.23. The monoisotopic (exact) mass is 210 g/mol. The van der Waals surface area contributed by atoms with Crippen LogP contribution in [-0.4, -0.2) is 17.5 Å². The quantitative estimate of drug-likeness (QED) is 0.698. The van der Waals surface area contributed by atoms with Crippen LogP contribution >= 0.6 is 11.8 Å². The molecule has 1 aromatic carbocycles. The molecule has 0 saturated carbocycles. The van der Waals surface area contributed by atoms with Crippen LogP contribution in [0, 0.1) is 0 Å². The summed E-state index contributed by atoms with van der Waals surface area (Å²) in [6.45, 7) is 2.82. The van der Waals surface area contributed by atoms with Crippen molar-refractivity contribution in [2.24, 2.45) is 0 Å². The Hall–Kier alpha value is -0.800. The number of hydrogen-bond acceptors (Lipinski definition) is 3. The van der Waals surface area contributed by atoms with E-state index in [1.165, 1.54) is 17.3 Å². The standard InChI is InChI=1S/C11H14O2S/c1-10(12)14-8-7-13-9-11-5-3-2-4-6-11/h2-6H,7-9H2,1H3. The van der Waals surface area contributed by atoms with Crippen molar-refractivity contribution in [1.82, 2.24) is 0 Å². The Morgan fingerprint density at radius 1 is 1.36 bits per heavy atom. The van der Waals surface area contributed by atoms with Gasteiger partial charge in [-0.1, -0.05) is 42.1 Å². The first kappa shape index (κ1) is 11.3. The third-order valence-electron chi connectivity index (χ3n) is 1.64. The van der Waals surface area contributed by atoms with Crippen LogP contribution in [0.2, 0.25) is 0 Å². The highest BCUT2D eigenvalue weighted by atomic mass is 32.2. The van der Waals surface area contributed by atoms with Gasteiger partial charge in [0.25, 0.3) is 0 Å². The van der Waals surface area contributed by atoms with Crippen molar-refractivity contribution in [3.8, 4) is 0 Å². The molecule has 0 aromatic heterocycles. The molecule has 3 heteroatoms. The third kappa shape index (κ3) is 5.04. The average Bonchev–Trinajstić information content (AvgIpc) is 2.18. The van der Waals surface area contributed by atoms with Crippen molar-refractivity contribution >= 4 is 16.9 Å². The number of thioether (sulfide) groups is 1. The third-order valence-corrected chi connectivity index (χ3v) is 2.42. The molecule has 0 heterocycles. The lowest BCUT2D eigenvalue weighted by Gasteiger charge is -2.02. The second kappa shape index (κ2) is 6.62. The van der Waals surface area contributed by atoms with E-state index in [2.05, 4.69) is 0 Å². The molecule has 0 saturated heterocycles. The molecular weight excluding hydrogens is 196 g/mol. The van der Waals surface area contributed by atoms with Crippen LogP contribution in [0.25, 0.3) is 0 Å². The second-order valence-electron chi connectivity index (χ2n) is 2.88. The number of rotatable bonds is 5. The maximum Gasteiger partial charge on any atom is 0.185 e. The summed E-state index contributed by atoms with van der Waals surface area (Å²) >= 11 is 1.30. The van der Waals surface area contributed by atoms with E-state index in [1.807, 2.05) is 30.3 Å². The fourth-order valence-electron chi connectivity index (χ4n) is 1.01. The molecule has 0 aliphatic heterocycles. The van der Waals surface area contributed by atoms with Crippen molar-refractivity contribution < 1.29 is 9.53 Å². The Morgan fingerprint density at radius 2 is 2.07 bits per heavy atom. The van der Waals surface area contributed by atoms with Crippen molar-refractivity contribution in [3.63, 3.8) is 0 Å². The maximum absolute atomic E-state index is 10.6. The van der Waals surface area contributed by atoms with Crippen LogP contribution in [0.3, 0.4) is 0 Å². The molecule has 0 spiro atoms. The number of hydrogen-bond donors (Lipinski definition) is 0. The van der Waals surface area contributed by atoms with Crippen molar-refractivity contribution in [1.29, 1.82) is 0 Å². The first-order valence-corrected chi connectivity index (χ1v) is 5.52. The Balaban J connectivity index is 2.08. The van der Waals surface area contributed by atoms with E-state index in [0.717, 1.165) is 5.75 Å². The van der Waals surface area contributed by atoms with Crippen molar-refractivity contribution in [2.45, 2.75) is 13.5 Å². The highest BCUT2D eigenvalue weighted by molar-refractivity contribution is 8.13. The van der Waals surface area contributed by atoms with Gasteiger partial charge in [-0.3, -0.25) is 4.79 Å². The molecule has 1 aromatic rings. The molecule has 0 fully saturated rings. The zero-order valence-corrected chi connectivity index (χ0v) is 9.05. The van der Waals surface area contributed by atoms with Crippen LogP contribution in [-0.2, 0) is 16.1 Å². The summed E-state index contributed by atoms with van der Waals surface area (Å²) in [5.41, 5.74) is 1.17. The van der Waals surface area contributed by atoms with Gasteiger partial charge >= 0.3 is 0 Å². The molecule has 0 N–H and O–H groups in total. The van der Waals surface area contributed by atoms with Crippen LogP contribution in [0.15, 0.2) is 30.3 Å². The summed E-state index contributed by atoms with van der Waals surface area (Å²) in [4.78, 5) is 10.6. The molecule has 2 nitrogen and oxygen atoms in total. The van der Waals surface area contributed by atoms with Gasteiger partial charge in [-0.15, -0.1) is 0 Å². The predicted octanol–water partition coefficient (Wildman–Crippen LogP) is 2.48. The summed E-state index contributed by atoms with van der Waals surface area (Å²) in [7, 11) is 0. The van der Waals surface area contributed by atoms with Crippen molar-refractivity contribution in [3.05, 3.63) is 35.9 Å². The number of carbonyl (C=O) groups excluding carboxylic acids is 1. The lowest BCUT2D eigenvalue weighted by molar-refractivity contribution is -0.109. The first-order valence-electron chi connectivity index (χ1n) is 4.54. The van der Waals surface area contributed by atoms with E-state index in [0.29, 0.717) is 13.2 Å². The molecule has 0 aliphatic carbocycles. The van der Waals surface area contributed by atoms with Gasteiger partial charge in [-0.25, -0.2) is 0 Å². The molecule has 1 rings (SSSR count). The average molecular weight is 210 g/mol. The summed E-state index contributed by atoms with van der Waals surface area (Å²) < 4.78 is 5.40. The fraction of sp³-hybridized carbons (Fsp3) is 0.364. The SMILES string of the molecule is CC(=O)SCCOCc1ccccc1. The molecule has 0 amide bonds. The van der Waals surface area contributed by atoms with Gasteiger partial charge in [0.05, 0.1) is 13.2 Å². The van der Waals surface area contributed by atoms with Gasteiger partial charge in [-0.05, 0) is 5.56 Å². The second-order valence-corrected chi connectivity index (χ2v) is 4.15. The van der Waals surface area contributed by atoms with Crippen LogP contribution in [0.4, 0.5) is 0 Å². The summed E-state index contributed by atoms with van der Waals surface area (Å²) in [5.74, 6) is 0.738. The zero-order chi connectivity index (χ0) is 10.2. The van der Waals surface area contributed by atoms with Crippen molar-refractivity contribution in [2.75, 3.05) is 12.4 Å². The predicted molar refractivity (Wildman–Crippen MR) is 59.2 cm³/mol. The lowest BCUT2D eigenvalue weighted by atomic mass is 10.2. The Bertz CT molecular complexity index is 272. The molecule has 76 valence electrons. The number of carbonyl (C=O) groups is 1. The van der Waals surface area contributed by atoms with Crippen LogP contribution in [0.1, 0.15) is 12.5 Å². The largest absolute Gasteiger partial charge is 0.376 e. The molecule has 0 aliphatic rings. The van der Waals surface area contributed by atoms with Gasteiger partial charge < -0.3 is 4.74 Å². The van der Waals surface area contributed by atoms with E-state index in [9.17, 15) is 4.79 Å². The molecule has 0 radical (unpaired) electrons. The Morgan fingerprint density at radius 3 is 2.71 bits per heavy atom. The Kier molecular flexibility index (Phi) is 5.33. The van der Waals surface area contributed by atoms with E-state index < -0.39 is 0 Å². The lowest BCUT2D eigenvalue weighted by Crippen LogP contribution is -1.99. The van der Waals surface area contributed by atoms with E-state index in [-0.39, 0.29) is 5.12 Å². The van der Waals surface area contributed by atoms with E-state index >= 15 is 0 Å². The van der Waals surface area contributed by atoms with E-state index in [4.69, 9.17) is 4.74 Å². The van der Waals surface area contributed by atoms with Gasteiger partial charge in [-0.2, -0.15) is 0 Å². The minimum absolute atomic E-state index is 0.147. The van der Waals surface area contributed by atoms with E-state index in [1.54, 1.807) is 6.92 Å². The molecule has 0 bridgehead atoms. The number of ether oxygens (including phenoxy) is 1. The maximum atomic E-state index is 10.6. The highest BCUT2D eigenvalue weighted by Gasteiger charge is 1.94. The first-order chi connectivity index (χ1) is 6.79. The van der Waals surface area contributed by atoms with Gasteiger partial charge in [0.2, 0.25) is 0 Å². The van der Waals surface area contributed by atoms with Gasteiger partial charge in [0.15, 0.2) is 5.12 Å². The summed E-state index contributed by atoms with van der Waals surface area (Å²) in [5, 5.41) is 0.147. The minimum atomic E-state index is 0.147. The molecule has 14 heavy (non-hydrogen) atoms. The smallest absolute Gasteiger partial charge is 0.185 e. The number of benzene rings is 1.